The molecule has 0 bridgehead atoms. The van der Waals surface area contributed by atoms with Crippen molar-refractivity contribution in [2.24, 2.45) is 5.92 Å². The summed E-state index contributed by atoms with van der Waals surface area (Å²) in [5.41, 5.74) is 2.74. The van der Waals surface area contributed by atoms with Crippen LogP contribution in [0.25, 0.3) is 11.0 Å². The minimum Gasteiger partial charge on any atom is -0.481 e. The van der Waals surface area contributed by atoms with Crippen LogP contribution in [0, 0.1) is 5.92 Å². The highest BCUT2D eigenvalue weighted by atomic mass is 32.2. The molecule has 3 rings (SSSR count). The summed E-state index contributed by atoms with van der Waals surface area (Å²) in [6, 6.07) is 5.85. The lowest BCUT2D eigenvalue weighted by Gasteiger charge is -2.29. The smallest absolute Gasteiger partial charge is 0.307 e. The number of carboxylic acids is 2. The minimum absolute atomic E-state index is 0.147. The van der Waals surface area contributed by atoms with Crippen molar-refractivity contribution in [3.8, 4) is 0 Å². The van der Waals surface area contributed by atoms with Crippen molar-refractivity contribution in [2.75, 3.05) is 37.0 Å². The average Bonchev–Trinajstić information content (AvgIpc) is 3.01. The minimum atomic E-state index is -1.12. The lowest BCUT2D eigenvalue weighted by molar-refractivity contribution is -0.147. The Morgan fingerprint density at radius 3 is 2.76 bits per heavy atom. The summed E-state index contributed by atoms with van der Waals surface area (Å²) < 4.78 is 5.38. The SMILES string of the molecule is O=C(O)CC(CSc1nc2cccc(N3CCOCC3)c2[nH]1)C(=O)O. The van der Waals surface area contributed by atoms with Crippen molar-refractivity contribution in [3.63, 3.8) is 0 Å². The highest BCUT2D eigenvalue weighted by Crippen LogP contribution is 2.29. The maximum Gasteiger partial charge on any atom is 0.307 e. The van der Waals surface area contributed by atoms with E-state index < -0.39 is 24.3 Å². The molecule has 0 aliphatic carbocycles. The van der Waals surface area contributed by atoms with E-state index in [1.54, 1.807) is 0 Å². The van der Waals surface area contributed by atoms with Gasteiger partial charge in [0.25, 0.3) is 0 Å². The molecule has 0 saturated carbocycles. The average molecular weight is 365 g/mol. The molecular weight excluding hydrogens is 346 g/mol. The lowest BCUT2D eigenvalue weighted by Crippen LogP contribution is -2.36. The van der Waals surface area contributed by atoms with Crippen molar-refractivity contribution in [1.82, 2.24) is 9.97 Å². The van der Waals surface area contributed by atoms with E-state index in [0.29, 0.717) is 18.4 Å². The number of H-pyrrole nitrogens is 1. The molecule has 2 heterocycles. The second-order valence-electron chi connectivity index (χ2n) is 5.76. The molecular formula is C16H19N3O5S. The highest BCUT2D eigenvalue weighted by Gasteiger charge is 2.22. The molecule has 3 N–H and O–H groups in total. The molecule has 9 heteroatoms. The first-order chi connectivity index (χ1) is 12.0. The van der Waals surface area contributed by atoms with Crippen molar-refractivity contribution in [3.05, 3.63) is 18.2 Å². The maximum atomic E-state index is 11.2. The van der Waals surface area contributed by atoms with Gasteiger partial charge in [-0.05, 0) is 12.1 Å². The summed E-state index contributed by atoms with van der Waals surface area (Å²) in [5, 5.41) is 18.5. The number of aromatic amines is 1. The van der Waals surface area contributed by atoms with Crippen LogP contribution in [0.2, 0.25) is 0 Å². The maximum absolute atomic E-state index is 11.2. The standard InChI is InChI=1S/C16H19N3O5S/c20-13(21)8-10(15(22)23)9-25-16-17-11-2-1-3-12(14(11)18-16)19-4-6-24-7-5-19/h1-3,10H,4-9H2,(H,17,18)(H,20,21)(H,22,23). The molecule has 0 radical (unpaired) electrons. The van der Waals surface area contributed by atoms with Crippen molar-refractivity contribution < 1.29 is 24.5 Å². The Morgan fingerprint density at radius 1 is 1.32 bits per heavy atom. The van der Waals surface area contributed by atoms with Gasteiger partial charge in [0.2, 0.25) is 0 Å². The number of hydrogen-bond donors (Lipinski definition) is 3. The first-order valence-corrected chi connectivity index (χ1v) is 8.92. The zero-order chi connectivity index (χ0) is 17.8. The van der Waals surface area contributed by atoms with Crippen LogP contribution < -0.4 is 4.90 Å². The number of nitrogens with zero attached hydrogens (tertiary/aromatic N) is 2. The van der Waals surface area contributed by atoms with Gasteiger partial charge in [-0.15, -0.1) is 0 Å². The van der Waals surface area contributed by atoms with Gasteiger partial charge >= 0.3 is 11.9 Å². The number of aromatic nitrogens is 2. The third kappa shape index (κ3) is 4.23. The number of fused-ring (bicyclic) bond motifs is 1. The Morgan fingerprint density at radius 2 is 2.08 bits per heavy atom. The second-order valence-corrected chi connectivity index (χ2v) is 6.77. The number of para-hydroxylation sites is 1. The summed E-state index contributed by atoms with van der Waals surface area (Å²) in [4.78, 5) is 31.9. The first kappa shape index (κ1) is 17.6. The van der Waals surface area contributed by atoms with E-state index >= 15 is 0 Å². The number of imidazole rings is 1. The number of ether oxygens (including phenoxy) is 1. The van der Waals surface area contributed by atoms with Crippen LogP contribution in [0.1, 0.15) is 6.42 Å². The molecule has 1 atom stereocenters. The van der Waals surface area contributed by atoms with Gasteiger partial charge in [0, 0.05) is 18.8 Å². The fourth-order valence-corrected chi connectivity index (χ4v) is 3.69. The number of benzene rings is 1. The predicted molar refractivity (Wildman–Crippen MR) is 93.2 cm³/mol. The number of hydrogen-bond acceptors (Lipinski definition) is 6. The van der Waals surface area contributed by atoms with Gasteiger partial charge in [-0.3, -0.25) is 9.59 Å². The molecule has 2 aromatic rings. The van der Waals surface area contributed by atoms with Crippen LogP contribution >= 0.6 is 11.8 Å². The molecule has 1 unspecified atom stereocenters. The quantitative estimate of drug-likeness (QED) is 0.635. The molecule has 1 aromatic carbocycles. The number of anilines is 1. The molecule has 0 amide bonds. The van der Waals surface area contributed by atoms with Gasteiger partial charge in [-0.1, -0.05) is 17.8 Å². The topological polar surface area (TPSA) is 116 Å². The molecule has 0 spiro atoms. The fourth-order valence-electron chi connectivity index (χ4n) is 2.74. The summed E-state index contributed by atoms with van der Waals surface area (Å²) in [6.07, 6.45) is -0.401. The Bertz CT molecular complexity index is 772. The summed E-state index contributed by atoms with van der Waals surface area (Å²) in [5.74, 6) is -3.03. The van der Waals surface area contributed by atoms with Crippen molar-refractivity contribution in [2.45, 2.75) is 11.6 Å². The summed E-state index contributed by atoms with van der Waals surface area (Å²) in [6.45, 7) is 2.98. The van der Waals surface area contributed by atoms with Crippen LogP contribution in [-0.4, -0.2) is 64.2 Å². The van der Waals surface area contributed by atoms with Gasteiger partial charge in [0.1, 0.15) is 0 Å². The number of rotatable bonds is 7. The number of carbonyl (C=O) groups is 2. The Labute approximate surface area is 148 Å². The van der Waals surface area contributed by atoms with E-state index in [1.165, 1.54) is 11.8 Å². The molecule has 1 fully saturated rings. The van der Waals surface area contributed by atoms with E-state index in [9.17, 15) is 9.59 Å². The second kappa shape index (κ2) is 7.75. The van der Waals surface area contributed by atoms with E-state index in [2.05, 4.69) is 14.9 Å². The monoisotopic (exact) mass is 365 g/mol. The largest absolute Gasteiger partial charge is 0.481 e. The number of nitrogens with one attached hydrogen (secondary N) is 1. The van der Waals surface area contributed by atoms with Gasteiger partial charge in [0.05, 0.1) is 42.3 Å². The van der Waals surface area contributed by atoms with Gasteiger partial charge in [0.15, 0.2) is 5.16 Å². The van der Waals surface area contributed by atoms with Gasteiger partial charge in [-0.25, -0.2) is 4.98 Å². The van der Waals surface area contributed by atoms with Gasteiger partial charge in [-0.2, -0.15) is 0 Å². The Hall–Kier alpha value is -2.26. The Kier molecular flexibility index (Phi) is 5.44. The van der Waals surface area contributed by atoms with Crippen molar-refractivity contribution in [1.29, 1.82) is 0 Å². The number of thioether (sulfide) groups is 1. The molecule has 1 aliphatic rings. The van der Waals surface area contributed by atoms with Crippen LogP contribution in [0.15, 0.2) is 23.4 Å². The molecule has 8 nitrogen and oxygen atoms in total. The molecule has 1 saturated heterocycles. The van der Waals surface area contributed by atoms with Crippen LogP contribution in [-0.2, 0) is 14.3 Å². The normalized spacial score (nSPS) is 16.1. The van der Waals surface area contributed by atoms with Crippen LogP contribution in [0.5, 0.6) is 0 Å². The van der Waals surface area contributed by atoms with E-state index in [-0.39, 0.29) is 5.75 Å². The lowest BCUT2D eigenvalue weighted by atomic mass is 10.1. The first-order valence-electron chi connectivity index (χ1n) is 7.93. The van der Waals surface area contributed by atoms with Crippen LogP contribution in [0.4, 0.5) is 5.69 Å². The van der Waals surface area contributed by atoms with Gasteiger partial charge < -0.3 is 24.8 Å². The fraction of sp³-hybridized carbons (Fsp3) is 0.438. The van der Waals surface area contributed by atoms with E-state index in [0.717, 1.165) is 29.8 Å². The van der Waals surface area contributed by atoms with E-state index in [1.807, 2.05) is 18.2 Å². The van der Waals surface area contributed by atoms with Crippen LogP contribution in [0.3, 0.4) is 0 Å². The summed E-state index contributed by atoms with van der Waals surface area (Å²) in [7, 11) is 0. The molecule has 25 heavy (non-hydrogen) atoms. The molecule has 1 aromatic heterocycles. The number of carboxylic acid groups (broad SMARTS) is 2. The molecule has 1 aliphatic heterocycles. The highest BCUT2D eigenvalue weighted by molar-refractivity contribution is 7.99. The third-order valence-corrected chi connectivity index (χ3v) is 5.05. The zero-order valence-corrected chi connectivity index (χ0v) is 14.3. The van der Waals surface area contributed by atoms with E-state index in [4.69, 9.17) is 14.9 Å². The Balaban J connectivity index is 1.76. The third-order valence-electron chi connectivity index (χ3n) is 4.02. The zero-order valence-electron chi connectivity index (χ0n) is 13.5. The predicted octanol–water partition coefficient (Wildman–Crippen LogP) is 1.67. The molecule has 134 valence electrons. The summed E-state index contributed by atoms with van der Waals surface area (Å²) >= 11 is 1.23. The van der Waals surface area contributed by atoms with Crippen molar-refractivity contribution >= 4 is 40.4 Å². The number of morpholine rings is 1. The number of aliphatic carboxylic acids is 2.